The molecule has 0 bridgehead atoms. The molecule has 0 saturated heterocycles. The highest BCUT2D eigenvalue weighted by Gasteiger charge is 2.22. The molecule has 56 heavy (non-hydrogen) atoms. The zero-order valence-electron chi connectivity index (χ0n) is 30.1. The van der Waals surface area contributed by atoms with Gasteiger partial charge in [-0.2, -0.15) is 0 Å². The van der Waals surface area contributed by atoms with E-state index in [1.807, 2.05) is 91.0 Å². The van der Waals surface area contributed by atoms with Crippen LogP contribution in [0.5, 0.6) is 0 Å². The first-order valence-corrected chi connectivity index (χ1v) is 18.7. The third kappa shape index (κ3) is 5.37. The topological polar surface area (TPSA) is 65.0 Å². The van der Waals surface area contributed by atoms with Gasteiger partial charge in [-0.3, -0.25) is 0 Å². The maximum Gasteiger partial charge on any atom is 0.164 e. The van der Waals surface area contributed by atoms with Gasteiger partial charge in [-0.05, 0) is 58.1 Å². The molecule has 0 radical (unpaired) electrons. The fraction of sp³-hybridized carbons (Fsp3) is 0. The summed E-state index contributed by atoms with van der Waals surface area (Å²) >= 11 is 0. The maximum atomic E-state index is 6.89. The molecule has 0 saturated carbocycles. The summed E-state index contributed by atoms with van der Waals surface area (Å²) in [6.45, 7) is 0. The molecule has 8 aromatic carbocycles. The van der Waals surface area contributed by atoms with Crippen molar-refractivity contribution in [1.29, 1.82) is 0 Å². The fourth-order valence-electron chi connectivity index (χ4n) is 7.92. The first-order chi connectivity index (χ1) is 27.7. The van der Waals surface area contributed by atoms with Gasteiger partial charge in [0.2, 0.25) is 0 Å². The summed E-state index contributed by atoms with van der Waals surface area (Å²) in [5, 5.41) is 4.04. The molecule has 11 aromatic rings. The number of rotatable bonds is 6. The quantitative estimate of drug-likeness (QED) is 0.171. The lowest BCUT2D eigenvalue weighted by Gasteiger charge is -2.11. The van der Waals surface area contributed by atoms with Crippen molar-refractivity contribution in [2.75, 3.05) is 0 Å². The molecule has 0 N–H and O–H groups in total. The lowest BCUT2D eigenvalue weighted by Crippen LogP contribution is -2.00. The Labute approximate surface area is 322 Å². The second-order valence-corrected chi connectivity index (χ2v) is 13.9. The van der Waals surface area contributed by atoms with Gasteiger partial charge in [-0.25, -0.2) is 15.0 Å². The minimum absolute atomic E-state index is 0.583. The van der Waals surface area contributed by atoms with E-state index in [1.165, 1.54) is 5.56 Å². The summed E-state index contributed by atoms with van der Waals surface area (Å²) in [7, 11) is 0. The third-order valence-corrected chi connectivity index (χ3v) is 10.5. The molecule has 262 valence electrons. The molecule has 3 heterocycles. The predicted molar refractivity (Wildman–Crippen MR) is 227 cm³/mol. The number of nitrogens with zero attached hydrogens (tertiary/aromatic N) is 3. The molecule has 0 spiro atoms. The van der Waals surface area contributed by atoms with E-state index in [-0.39, 0.29) is 0 Å². The van der Waals surface area contributed by atoms with Gasteiger partial charge in [0.15, 0.2) is 17.5 Å². The number of hydrogen-bond donors (Lipinski definition) is 0. The largest absolute Gasteiger partial charge is 0.456 e. The van der Waals surface area contributed by atoms with E-state index in [2.05, 4.69) is 97.1 Å². The van der Waals surface area contributed by atoms with Gasteiger partial charge >= 0.3 is 0 Å². The molecule has 5 heteroatoms. The zero-order valence-corrected chi connectivity index (χ0v) is 30.1. The van der Waals surface area contributed by atoms with Crippen molar-refractivity contribution in [2.24, 2.45) is 0 Å². The van der Waals surface area contributed by atoms with Gasteiger partial charge in [0.25, 0.3) is 0 Å². The van der Waals surface area contributed by atoms with E-state index in [0.717, 1.165) is 88.4 Å². The second kappa shape index (κ2) is 13.0. The predicted octanol–water partition coefficient (Wildman–Crippen LogP) is 13.7. The van der Waals surface area contributed by atoms with Crippen LogP contribution in [0.3, 0.4) is 0 Å². The van der Waals surface area contributed by atoms with Crippen LogP contribution in [0.1, 0.15) is 0 Å². The van der Waals surface area contributed by atoms with E-state index in [4.69, 9.17) is 23.8 Å². The monoisotopic (exact) mass is 717 g/mol. The molecule has 5 nitrogen and oxygen atoms in total. The Morgan fingerprint density at radius 2 is 0.804 bits per heavy atom. The summed E-state index contributed by atoms with van der Waals surface area (Å²) in [4.78, 5) is 15.1. The zero-order chi connectivity index (χ0) is 37.0. The molecule has 0 fully saturated rings. The highest BCUT2D eigenvalue weighted by atomic mass is 16.3. The van der Waals surface area contributed by atoms with Crippen molar-refractivity contribution in [3.63, 3.8) is 0 Å². The van der Waals surface area contributed by atoms with Crippen molar-refractivity contribution in [3.05, 3.63) is 188 Å². The minimum Gasteiger partial charge on any atom is -0.456 e. The van der Waals surface area contributed by atoms with E-state index in [1.54, 1.807) is 0 Å². The molecular weight excluding hydrogens is 687 g/mol. The van der Waals surface area contributed by atoms with Crippen LogP contribution in [0.15, 0.2) is 197 Å². The molecule has 0 aliphatic carbocycles. The average molecular weight is 718 g/mol. The SMILES string of the molecule is c1ccc(-c2cccc(-c3cc(-c4cccc5c4oc4cccc(-c6nc(-c7ccccc7)nc(-c7ccccc7)n6)c45)c4c(c3)oc3ccccc34)c2)cc1. The second-order valence-electron chi connectivity index (χ2n) is 13.9. The lowest BCUT2D eigenvalue weighted by molar-refractivity contribution is 0.669. The standard InChI is InChI=1S/C51H31N3O2/c1-4-15-32(16-5-1)35-21-12-22-36(29-35)37-30-42(46-39-23-10-11-27-43(39)55-45(46)31-37)38-24-13-25-40-47-41(26-14-28-44(47)56-48(38)40)51-53-49(33-17-6-2-7-18-33)52-50(54-51)34-19-8-3-9-20-34/h1-31H. The first kappa shape index (κ1) is 31.9. The molecular formula is C51H31N3O2. The lowest BCUT2D eigenvalue weighted by atomic mass is 9.92. The Bertz CT molecular complexity index is 3180. The van der Waals surface area contributed by atoms with Crippen LogP contribution in [0, 0.1) is 0 Å². The van der Waals surface area contributed by atoms with Crippen LogP contribution in [0.2, 0.25) is 0 Å². The summed E-state index contributed by atoms with van der Waals surface area (Å²) in [5.74, 6) is 1.81. The number of benzene rings is 8. The van der Waals surface area contributed by atoms with Gasteiger partial charge in [0.1, 0.15) is 22.3 Å². The number of fused-ring (bicyclic) bond motifs is 6. The molecule has 3 aromatic heterocycles. The van der Waals surface area contributed by atoms with E-state index in [0.29, 0.717) is 17.5 Å². The summed E-state index contributed by atoms with van der Waals surface area (Å²) in [5.41, 5.74) is 12.4. The van der Waals surface area contributed by atoms with Gasteiger partial charge in [-0.1, -0.05) is 158 Å². The number of para-hydroxylation sites is 2. The van der Waals surface area contributed by atoms with E-state index in [9.17, 15) is 0 Å². The molecule has 0 unspecified atom stereocenters. The van der Waals surface area contributed by atoms with Crippen molar-refractivity contribution in [2.45, 2.75) is 0 Å². The molecule has 0 atom stereocenters. The Hall–Kier alpha value is -7.63. The fourth-order valence-corrected chi connectivity index (χ4v) is 7.92. The van der Waals surface area contributed by atoms with Crippen LogP contribution in [-0.2, 0) is 0 Å². The van der Waals surface area contributed by atoms with Crippen LogP contribution < -0.4 is 0 Å². The van der Waals surface area contributed by atoms with Crippen LogP contribution in [0.4, 0.5) is 0 Å². The Morgan fingerprint density at radius 1 is 0.286 bits per heavy atom. The number of furan rings is 2. The van der Waals surface area contributed by atoms with Crippen molar-refractivity contribution in [1.82, 2.24) is 15.0 Å². The third-order valence-electron chi connectivity index (χ3n) is 10.5. The first-order valence-electron chi connectivity index (χ1n) is 18.7. The normalized spacial score (nSPS) is 11.6. The maximum absolute atomic E-state index is 6.89. The molecule has 0 amide bonds. The van der Waals surface area contributed by atoms with Crippen molar-refractivity contribution >= 4 is 43.9 Å². The number of hydrogen-bond acceptors (Lipinski definition) is 5. The van der Waals surface area contributed by atoms with Gasteiger partial charge in [0.05, 0.1) is 0 Å². The average Bonchev–Trinajstić information content (AvgIpc) is 3.86. The molecule has 0 aliphatic heterocycles. The smallest absolute Gasteiger partial charge is 0.164 e. The van der Waals surface area contributed by atoms with Crippen LogP contribution in [0.25, 0.3) is 111 Å². The van der Waals surface area contributed by atoms with Gasteiger partial charge in [0, 0.05) is 43.8 Å². The highest BCUT2D eigenvalue weighted by Crippen LogP contribution is 2.45. The minimum atomic E-state index is 0.583. The van der Waals surface area contributed by atoms with Gasteiger partial charge < -0.3 is 8.83 Å². The summed E-state index contributed by atoms with van der Waals surface area (Å²) < 4.78 is 13.5. The van der Waals surface area contributed by atoms with E-state index >= 15 is 0 Å². The van der Waals surface area contributed by atoms with Crippen molar-refractivity contribution < 1.29 is 8.83 Å². The Balaban J connectivity index is 1.14. The number of aromatic nitrogens is 3. The summed E-state index contributed by atoms with van der Waals surface area (Å²) in [6.07, 6.45) is 0. The van der Waals surface area contributed by atoms with Crippen molar-refractivity contribution in [3.8, 4) is 67.5 Å². The van der Waals surface area contributed by atoms with Gasteiger partial charge in [-0.15, -0.1) is 0 Å². The summed E-state index contributed by atoms with van der Waals surface area (Å²) in [6, 6.07) is 64.5. The highest BCUT2D eigenvalue weighted by molar-refractivity contribution is 6.20. The Kier molecular flexibility index (Phi) is 7.42. The molecule has 0 aliphatic rings. The van der Waals surface area contributed by atoms with Crippen LogP contribution in [-0.4, -0.2) is 15.0 Å². The molecule has 11 rings (SSSR count). The van der Waals surface area contributed by atoms with E-state index < -0.39 is 0 Å². The van der Waals surface area contributed by atoms with Crippen LogP contribution >= 0.6 is 0 Å². The Morgan fingerprint density at radius 3 is 1.54 bits per heavy atom.